The molecule has 3 aromatic heterocycles. The number of aryl methyl sites for hydroxylation is 2. The lowest BCUT2D eigenvalue weighted by atomic mass is 9.93. The minimum atomic E-state index is -1.31. The van der Waals surface area contributed by atoms with Crippen molar-refractivity contribution in [2.45, 2.75) is 25.6 Å². The van der Waals surface area contributed by atoms with Crippen LogP contribution in [0.1, 0.15) is 12.1 Å². The van der Waals surface area contributed by atoms with Crippen molar-refractivity contribution in [3.05, 3.63) is 69.7 Å². The lowest BCUT2D eigenvalue weighted by Crippen LogP contribution is -2.57. The van der Waals surface area contributed by atoms with E-state index in [0.29, 0.717) is 46.2 Å². The lowest BCUT2D eigenvalue weighted by Gasteiger charge is -2.42. The summed E-state index contributed by atoms with van der Waals surface area (Å²) in [7, 11) is 3.59. The van der Waals surface area contributed by atoms with Gasteiger partial charge in [-0.25, -0.2) is 9.37 Å². The molecule has 0 spiro atoms. The molecule has 35 heavy (non-hydrogen) atoms. The Hall–Kier alpha value is -3.36. The van der Waals surface area contributed by atoms with Gasteiger partial charge in [0, 0.05) is 72.1 Å². The fourth-order valence-corrected chi connectivity index (χ4v) is 4.95. The van der Waals surface area contributed by atoms with Gasteiger partial charge in [-0.05, 0) is 38.2 Å². The predicted octanol–water partition coefficient (Wildman–Crippen LogP) is 4.57. The number of nitrogens with zero attached hydrogens (tertiary/aromatic N) is 5. The van der Waals surface area contributed by atoms with Crippen LogP contribution in [-0.2, 0) is 6.54 Å². The molecule has 5 rings (SSSR count). The molecule has 4 aromatic rings. The average molecular weight is 493 g/mol. The Bertz CT molecular complexity index is 1480. The molecule has 1 aromatic carbocycles. The molecule has 4 heterocycles. The molecule has 0 radical (unpaired) electrons. The van der Waals surface area contributed by atoms with E-state index in [-0.39, 0.29) is 18.5 Å². The first-order valence-corrected chi connectivity index (χ1v) is 11.8. The van der Waals surface area contributed by atoms with Crippen LogP contribution >= 0.6 is 11.6 Å². The van der Waals surface area contributed by atoms with Crippen LogP contribution in [0.4, 0.5) is 10.3 Å². The van der Waals surface area contributed by atoms with Crippen LogP contribution in [0, 0.1) is 6.92 Å². The molecule has 7 nitrogen and oxygen atoms in total. The van der Waals surface area contributed by atoms with E-state index >= 15 is 4.39 Å². The summed E-state index contributed by atoms with van der Waals surface area (Å²) in [6.07, 6.45) is 1.88. The van der Waals surface area contributed by atoms with Gasteiger partial charge >= 0.3 is 0 Å². The molecule has 1 aliphatic rings. The molecule has 180 valence electrons. The summed E-state index contributed by atoms with van der Waals surface area (Å²) < 4.78 is 16.6. The van der Waals surface area contributed by atoms with E-state index in [1.54, 1.807) is 23.9 Å². The van der Waals surface area contributed by atoms with Gasteiger partial charge in [0.25, 0.3) is 5.56 Å². The maximum atomic E-state index is 15.0. The highest BCUT2D eigenvalue weighted by atomic mass is 35.5. The van der Waals surface area contributed by atoms with E-state index in [1.165, 1.54) is 0 Å². The highest BCUT2D eigenvalue weighted by molar-refractivity contribution is 6.33. The first-order chi connectivity index (χ1) is 16.8. The zero-order valence-corrected chi connectivity index (χ0v) is 20.6. The van der Waals surface area contributed by atoms with Crippen molar-refractivity contribution >= 4 is 28.6 Å². The van der Waals surface area contributed by atoms with Gasteiger partial charge in [-0.1, -0.05) is 29.8 Å². The molecule has 1 fully saturated rings. The second-order valence-electron chi connectivity index (χ2n) is 9.17. The third-order valence-electron chi connectivity index (χ3n) is 6.38. The first kappa shape index (κ1) is 23.4. The fourth-order valence-electron chi connectivity index (χ4n) is 4.67. The van der Waals surface area contributed by atoms with Crippen LogP contribution in [0.2, 0.25) is 5.02 Å². The number of rotatable bonds is 6. The van der Waals surface area contributed by atoms with E-state index in [9.17, 15) is 4.79 Å². The molecule has 0 bridgehead atoms. The van der Waals surface area contributed by atoms with E-state index < -0.39 is 5.67 Å². The first-order valence-electron chi connectivity index (χ1n) is 11.5. The topological polar surface area (TPSA) is 75.9 Å². The second kappa shape index (κ2) is 9.02. The van der Waals surface area contributed by atoms with Crippen LogP contribution < -0.4 is 10.9 Å². The van der Waals surface area contributed by atoms with Crippen LogP contribution in [0.5, 0.6) is 0 Å². The van der Waals surface area contributed by atoms with Crippen LogP contribution in [0.3, 0.4) is 0 Å². The van der Waals surface area contributed by atoms with Crippen molar-refractivity contribution in [3.63, 3.8) is 0 Å². The van der Waals surface area contributed by atoms with Gasteiger partial charge in [0.2, 0.25) is 5.95 Å². The summed E-state index contributed by atoms with van der Waals surface area (Å²) in [6, 6.07) is 13.1. The van der Waals surface area contributed by atoms with Crippen molar-refractivity contribution in [2.24, 2.45) is 0 Å². The minimum absolute atomic E-state index is 0.205. The average Bonchev–Trinajstić information content (AvgIpc) is 2.82. The Morgan fingerprint density at radius 1 is 1.14 bits per heavy atom. The zero-order valence-electron chi connectivity index (χ0n) is 19.8. The number of pyridine rings is 2. The second-order valence-corrected chi connectivity index (χ2v) is 9.58. The van der Waals surface area contributed by atoms with Crippen molar-refractivity contribution < 1.29 is 4.39 Å². The number of alkyl halides is 1. The number of benzene rings is 1. The predicted molar refractivity (Wildman–Crippen MR) is 138 cm³/mol. The number of hydrogen-bond donors (Lipinski definition) is 1. The van der Waals surface area contributed by atoms with Crippen LogP contribution in [0.25, 0.3) is 33.4 Å². The number of aromatic nitrogens is 4. The van der Waals surface area contributed by atoms with Gasteiger partial charge in [0.15, 0.2) is 0 Å². The third-order valence-corrected chi connectivity index (χ3v) is 6.70. The van der Waals surface area contributed by atoms with Gasteiger partial charge < -0.3 is 5.32 Å². The number of likely N-dealkylation sites (tertiary alicyclic amines) is 1. The number of anilines is 1. The Morgan fingerprint density at radius 2 is 1.94 bits per heavy atom. The number of hydrogen-bond acceptors (Lipinski definition) is 6. The smallest absolute Gasteiger partial charge is 0.260 e. The van der Waals surface area contributed by atoms with E-state index in [0.717, 1.165) is 17.0 Å². The van der Waals surface area contributed by atoms with Gasteiger partial charge in [-0.3, -0.25) is 19.2 Å². The van der Waals surface area contributed by atoms with Crippen LogP contribution in [-0.4, -0.2) is 57.3 Å². The molecule has 1 aliphatic heterocycles. The third kappa shape index (κ3) is 4.51. The lowest BCUT2D eigenvalue weighted by molar-refractivity contribution is -0.0243. The van der Waals surface area contributed by atoms with Gasteiger partial charge in [-0.2, -0.15) is 4.98 Å². The molecular weight excluding hydrogens is 467 g/mol. The molecule has 0 amide bonds. The summed E-state index contributed by atoms with van der Waals surface area (Å²) in [6.45, 7) is 2.85. The standard InChI is InChI=1S/C26H26ClFN6O/c1-16-5-4-6-22(31-16)17-7-8-19(21(27)12-17)20-11-18-13-30-25(29-2)32-23(18)34(24(20)35)10-9-26(28)14-33(3)15-26/h4-8,11-13H,9-10,14-15H2,1-3H3,(H,29,30,32). The molecule has 0 saturated carbocycles. The molecule has 9 heteroatoms. The molecule has 1 N–H and O–H groups in total. The summed E-state index contributed by atoms with van der Waals surface area (Å²) in [5, 5.41) is 4.01. The van der Waals surface area contributed by atoms with Gasteiger partial charge in [0.1, 0.15) is 11.3 Å². The van der Waals surface area contributed by atoms with Gasteiger partial charge in [-0.15, -0.1) is 0 Å². The normalized spacial score (nSPS) is 15.2. The van der Waals surface area contributed by atoms with E-state index in [1.807, 2.05) is 55.3 Å². The number of halogens is 2. The Labute approximate surface area is 207 Å². The Morgan fingerprint density at radius 3 is 2.63 bits per heavy atom. The Kier molecular flexibility index (Phi) is 6.02. The molecule has 0 aliphatic carbocycles. The monoisotopic (exact) mass is 492 g/mol. The summed E-state index contributed by atoms with van der Waals surface area (Å²) in [4.78, 5) is 29.0. The molecular formula is C26H26ClFN6O. The Balaban J connectivity index is 1.60. The van der Waals surface area contributed by atoms with Crippen molar-refractivity contribution in [1.82, 2.24) is 24.4 Å². The van der Waals surface area contributed by atoms with Crippen LogP contribution in [0.15, 0.2) is 53.5 Å². The van der Waals surface area contributed by atoms with Crippen molar-refractivity contribution in [3.8, 4) is 22.4 Å². The summed E-state index contributed by atoms with van der Waals surface area (Å²) in [5.41, 5.74) is 2.48. The maximum absolute atomic E-state index is 15.0. The van der Waals surface area contributed by atoms with Crippen molar-refractivity contribution in [2.75, 3.05) is 32.5 Å². The zero-order chi connectivity index (χ0) is 24.7. The number of fused-ring (bicyclic) bond motifs is 1. The maximum Gasteiger partial charge on any atom is 0.260 e. The largest absolute Gasteiger partial charge is 0.357 e. The highest BCUT2D eigenvalue weighted by Gasteiger charge is 2.41. The number of nitrogens with one attached hydrogen (secondary N) is 1. The summed E-state index contributed by atoms with van der Waals surface area (Å²) >= 11 is 6.69. The highest BCUT2D eigenvalue weighted by Crippen LogP contribution is 2.32. The fraction of sp³-hybridized carbons (Fsp3) is 0.308. The van der Waals surface area contributed by atoms with E-state index in [4.69, 9.17) is 11.6 Å². The molecule has 0 unspecified atom stereocenters. The molecule has 1 saturated heterocycles. The molecule has 0 atom stereocenters. The van der Waals surface area contributed by atoms with Gasteiger partial charge in [0.05, 0.1) is 5.69 Å². The quantitative estimate of drug-likeness (QED) is 0.425. The minimum Gasteiger partial charge on any atom is -0.357 e. The van der Waals surface area contributed by atoms with E-state index in [2.05, 4.69) is 20.3 Å². The SMILES string of the molecule is CNc1ncc2cc(-c3ccc(-c4cccc(C)n4)cc3Cl)c(=O)n(CCC3(F)CN(C)C3)c2n1. The van der Waals surface area contributed by atoms with Crippen molar-refractivity contribution in [1.29, 1.82) is 0 Å². The summed E-state index contributed by atoms with van der Waals surface area (Å²) in [5.74, 6) is 0.393.